The molecule has 1 atom stereocenters. The van der Waals surface area contributed by atoms with Gasteiger partial charge in [0.1, 0.15) is 11.6 Å². The van der Waals surface area contributed by atoms with Crippen molar-refractivity contribution in [3.63, 3.8) is 0 Å². The summed E-state index contributed by atoms with van der Waals surface area (Å²) in [5.41, 5.74) is -1.39. The van der Waals surface area contributed by atoms with Gasteiger partial charge in [-0.15, -0.1) is 15.3 Å². The highest BCUT2D eigenvalue weighted by molar-refractivity contribution is 5.46. The van der Waals surface area contributed by atoms with Crippen LogP contribution in [0.5, 0.6) is 0 Å². The zero-order chi connectivity index (χ0) is 20.0. The van der Waals surface area contributed by atoms with E-state index in [-0.39, 0.29) is 17.0 Å². The molecule has 0 spiro atoms. The molecule has 0 saturated heterocycles. The number of aromatic nitrogens is 4. The van der Waals surface area contributed by atoms with Crippen LogP contribution < -0.4 is 5.32 Å². The number of halogens is 7. The van der Waals surface area contributed by atoms with Crippen LogP contribution in [0.3, 0.4) is 0 Å². The molecule has 1 unspecified atom stereocenters. The maximum absolute atomic E-state index is 13.5. The van der Waals surface area contributed by atoms with Gasteiger partial charge in [0, 0.05) is 0 Å². The van der Waals surface area contributed by atoms with E-state index in [9.17, 15) is 30.7 Å². The van der Waals surface area contributed by atoms with Gasteiger partial charge < -0.3 is 5.32 Å². The van der Waals surface area contributed by atoms with Gasteiger partial charge in [0.2, 0.25) is 0 Å². The van der Waals surface area contributed by atoms with Crippen molar-refractivity contribution >= 4 is 11.5 Å². The van der Waals surface area contributed by atoms with Crippen molar-refractivity contribution in [3.05, 3.63) is 53.1 Å². The van der Waals surface area contributed by atoms with E-state index in [2.05, 4.69) is 20.6 Å². The molecular formula is C15H10F7N5. The lowest BCUT2D eigenvalue weighted by atomic mass is 10.0. The highest BCUT2D eigenvalue weighted by Crippen LogP contribution is 2.32. The molecule has 2 aromatic heterocycles. The van der Waals surface area contributed by atoms with Crippen LogP contribution >= 0.6 is 0 Å². The first-order valence-electron chi connectivity index (χ1n) is 7.39. The molecule has 27 heavy (non-hydrogen) atoms. The highest BCUT2D eigenvalue weighted by atomic mass is 19.4. The molecule has 0 aliphatic heterocycles. The smallest absolute Gasteiger partial charge is 0.362 e. The Morgan fingerprint density at radius 2 is 1.67 bits per heavy atom. The first-order chi connectivity index (χ1) is 12.4. The second-order valence-corrected chi connectivity index (χ2v) is 5.65. The molecule has 1 aromatic carbocycles. The number of anilines is 1. The molecular weight excluding hydrogens is 383 g/mol. The predicted molar refractivity (Wildman–Crippen MR) is 79.2 cm³/mol. The molecule has 12 heteroatoms. The minimum Gasteiger partial charge on any atom is -0.362 e. The van der Waals surface area contributed by atoms with Gasteiger partial charge in [0.15, 0.2) is 5.65 Å². The van der Waals surface area contributed by atoms with Gasteiger partial charge in [-0.3, -0.25) is 0 Å². The van der Waals surface area contributed by atoms with Crippen LogP contribution in [-0.2, 0) is 12.4 Å². The zero-order valence-corrected chi connectivity index (χ0v) is 13.4. The summed E-state index contributed by atoms with van der Waals surface area (Å²) in [6, 6.07) is 3.61. The van der Waals surface area contributed by atoms with Gasteiger partial charge in [0.05, 0.1) is 11.6 Å². The third-order valence-corrected chi connectivity index (χ3v) is 3.63. The third kappa shape index (κ3) is 3.93. The number of nitrogens with zero attached hydrogens (tertiary/aromatic N) is 4. The SMILES string of the molecule is CC(Nc1ccc2nnc(C(F)(F)F)n2n1)c1cc(F)cc(C(F)(F)F)c1. The lowest BCUT2D eigenvalue weighted by Gasteiger charge is -2.17. The molecule has 3 aromatic rings. The van der Waals surface area contributed by atoms with Crippen molar-refractivity contribution in [3.8, 4) is 0 Å². The summed E-state index contributed by atoms with van der Waals surface area (Å²) >= 11 is 0. The number of nitrogens with one attached hydrogen (secondary N) is 1. The Bertz CT molecular complexity index is 977. The van der Waals surface area contributed by atoms with Gasteiger partial charge >= 0.3 is 12.4 Å². The van der Waals surface area contributed by atoms with E-state index in [4.69, 9.17) is 0 Å². The normalized spacial score (nSPS) is 13.8. The van der Waals surface area contributed by atoms with E-state index >= 15 is 0 Å². The van der Waals surface area contributed by atoms with Crippen molar-refractivity contribution in [2.45, 2.75) is 25.3 Å². The largest absolute Gasteiger partial charge is 0.453 e. The standard InChI is InChI=1S/C15H10F7N5/c1-7(8-4-9(14(17,18)19)6-10(16)5-8)23-11-2-3-12-24-25-13(15(20,21)22)27(12)26-11/h2-7H,1H3,(H,23,26). The van der Waals surface area contributed by atoms with Crippen LogP contribution in [0.1, 0.15) is 29.9 Å². The lowest BCUT2D eigenvalue weighted by Crippen LogP contribution is -2.15. The second kappa shape index (κ2) is 6.35. The van der Waals surface area contributed by atoms with Crippen LogP contribution in [0.2, 0.25) is 0 Å². The van der Waals surface area contributed by atoms with Crippen molar-refractivity contribution in [1.29, 1.82) is 0 Å². The number of alkyl halides is 6. The Labute approximate surface area is 146 Å². The maximum Gasteiger partial charge on any atom is 0.453 e. The molecule has 0 saturated carbocycles. The summed E-state index contributed by atoms with van der Waals surface area (Å²) in [7, 11) is 0. The molecule has 0 bridgehead atoms. The summed E-state index contributed by atoms with van der Waals surface area (Å²) in [5, 5.41) is 12.7. The van der Waals surface area contributed by atoms with Crippen LogP contribution in [0.25, 0.3) is 5.65 Å². The molecule has 0 aliphatic rings. The molecule has 0 amide bonds. The predicted octanol–water partition coefficient (Wildman–Crippen LogP) is 4.47. The van der Waals surface area contributed by atoms with Gasteiger partial charge in [-0.25, -0.2) is 4.39 Å². The molecule has 0 fully saturated rings. The monoisotopic (exact) mass is 393 g/mol. The Hall–Kier alpha value is -2.92. The van der Waals surface area contributed by atoms with Crippen molar-refractivity contribution in [2.75, 3.05) is 5.32 Å². The second-order valence-electron chi connectivity index (χ2n) is 5.65. The Kier molecular flexibility index (Phi) is 4.44. The van der Waals surface area contributed by atoms with E-state index in [1.807, 2.05) is 0 Å². The molecule has 2 heterocycles. The van der Waals surface area contributed by atoms with Crippen LogP contribution in [0, 0.1) is 5.82 Å². The summed E-state index contributed by atoms with van der Waals surface area (Å²) in [4.78, 5) is 0. The van der Waals surface area contributed by atoms with Crippen LogP contribution in [-0.4, -0.2) is 19.8 Å². The Morgan fingerprint density at radius 1 is 0.963 bits per heavy atom. The first-order valence-corrected chi connectivity index (χ1v) is 7.39. The number of hydrogen-bond donors (Lipinski definition) is 1. The van der Waals surface area contributed by atoms with Crippen LogP contribution in [0.15, 0.2) is 30.3 Å². The van der Waals surface area contributed by atoms with Crippen LogP contribution in [0.4, 0.5) is 36.6 Å². The van der Waals surface area contributed by atoms with E-state index < -0.39 is 35.6 Å². The van der Waals surface area contributed by atoms with E-state index in [1.165, 1.54) is 19.1 Å². The topological polar surface area (TPSA) is 55.1 Å². The first kappa shape index (κ1) is 18.9. The summed E-state index contributed by atoms with van der Waals surface area (Å²) in [6.45, 7) is 1.41. The minimum absolute atomic E-state index is 0.0518. The summed E-state index contributed by atoms with van der Waals surface area (Å²) < 4.78 is 91.0. The Balaban J connectivity index is 1.92. The number of rotatable bonds is 3. The average molecular weight is 393 g/mol. The van der Waals surface area contributed by atoms with Crippen molar-refractivity contribution < 1.29 is 30.7 Å². The van der Waals surface area contributed by atoms with Gasteiger partial charge in [-0.2, -0.15) is 30.9 Å². The molecule has 0 aliphatic carbocycles. The zero-order valence-electron chi connectivity index (χ0n) is 13.4. The fraction of sp³-hybridized carbons (Fsp3) is 0.267. The third-order valence-electron chi connectivity index (χ3n) is 3.63. The summed E-state index contributed by atoms with van der Waals surface area (Å²) in [6.07, 6.45) is -9.53. The lowest BCUT2D eigenvalue weighted by molar-refractivity contribution is -0.146. The number of fused-ring (bicyclic) bond motifs is 1. The van der Waals surface area contributed by atoms with E-state index in [0.717, 1.165) is 12.1 Å². The molecule has 144 valence electrons. The minimum atomic E-state index is -4.79. The van der Waals surface area contributed by atoms with Crippen molar-refractivity contribution in [1.82, 2.24) is 19.8 Å². The highest BCUT2D eigenvalue weighted by Gasteiger charge is 2.37. The number of benzene rings is 1. The Morgan fingerprint density at radius 3 is 2.30 bits per heavy atom. The van der Waals surface area contributed by atoms with E-state index in [1.54, 1.807) is 0 Å². The maximum atomic E-state index is 13.5. The fourth-order valence-electron chi connectivity index (χ4n) is 2.37. The van der Waals surface area contributed by atoms with Gasteiger partial charge in [-0.1, -0.05) is 0 Å². The summed E-state index contributed by atoms with van der Waals surface area (Å²) in [5.74, 6) is -2.52. The molecule has 0 radical (unpaired) electrons. The van der Waals surface area contributed by atoms with E-state index in [0.29, 0.717) is 10.6 Å². The molecule has 5 nitrogen and oxygen atoms in total. The number of hydrogen-bond acceptors (Lipinski definition) is 4. The van der Waals surface area contributed by atoms with Gasteiger partial charge in [0.25, 0.3) is 5.82 Å². The van der Waals surface area contributed by atoms with Gasteiger partial charge in [-0.05, 0) is 42.8 Å². The quantitative estimate of drug-likeness (QED) is 0.667. The van der Waals surface area contributed by atoms with Crippen molar-refractivity contribution in [2.24, 2.45) is 0 Å². The average Bonchev–Trinajstić information content (AvgIpc) is 2.96. The molecule has 3 rings (SSSR count). The fourth-order valence-corrected chi connectivity index (χ4v) is 2.37. The molecule has 1 N–H and O–H groups in total.